The number of ether oxygens (including phenoxy) is 2. The Morgan fingerprint density at radius 2 is 2.19 bits per heavy atom. The molecule has 8 heteroatoms. The molecule has 0 saturated heterocycles. The molecule has 1 aromatic carbocycles. The maximum atomic E-state index is 13.9. The first-order valence-corrected chi connectivity index (χ1v) is 9.32. The lowest BCUT2D eigenvalue weighted by Crippen LogP contribution is -2.30. The second-order valence-corrected chi connectivity index (χ2v) is 6.83. The fraction of sp³-hybridized carbons (Fsp3) is 0.158. The molecule has 2 heterocycles. The summed E-state index contributed by atoms with van der Waals surface area (Å²) < 4.78 is 25.5. The summed E-state index contributed by atoms with van der Waals surface area (Å²) >= 11 is 7.85. The number of hydrogen-bond acceptors (Lipinski definition) is 5. The van der Waals surface area contributed by atoms with Gasteiger partial charge in [-0.15, -0.1) is 11.3 Å². The molecule has 0 unspecified atom stereocenters. The highest BCUT2D eigenvalue weighted by molar-refractivity contribution is 7.18. The van der Waals surface area contributed by atoms with E-state index in [0.717, 1.165) is 15.6 Å². The van der Waals surface area contributed by atoms with E-state index < -0.39 is 5.82 Å². The molecule has 0 atom stereocenters. The van der Waals surface area contributed by atoms with Crippen molar-refractivity contribution in [1.82, 2.24) is 4.98 Å². The lowest BCUT2D eigenvalue weighted by atomic mass is 9.98. The average Bonchev–Trinajstić information content (AvgIpc) is 3.14. The Morgan fingerprint density at radius 3 is 2.89 bits per heavy atom. The summed E-state index contributed by atoms with van der Waals surface area (Å²) in [6, 6.07) is 6.24. The van der Waals surface area contributed by atoms with Gasteiger partial charge in [-0.3, -0.25) is 5.41 Å². The number of rotatable bonds is 7. The predicted molar refractivity (Wildman–Crippen MR) is 108 cm³/mol. The van der Waals surface area contributed by atoms with Gasteiger partial charge in [0.25, 0.3) is 0 Å². The number of nitrogens with two attached hydrogens (primary N) is 2. The predicted octanol–water partition coefficient (Wildman–Crippen LogP) is 2.91. The van der Waals surface area contributed by atoms with Gasteiger partial charge in [0, 0.05) is 40.6 Å². The van der Waals surface area contributed by atoms with Gasteiger partial charge in [0.05, 0.1) is 17.9 Å². The third kappa shape index (κ3) is 3.80. The van der Waals surface area contributed by atoms with Crippen molar-refractivity contribution in [2.45, 2.75) is 0 Å². The molecule has 0 aliphatic carbocycles. The van der Waals surface area contributed by atoms with E-state index in [1.54, 1.807) is 13.2 Å². The third-order valence-corrected chi connectivity index (χ3v) is 5.17. The number of fused-ring (bicyclic) bond motifs is 1. The molecule has 0 fully saturated rings. The standard InChI is InChI=1S/C19H17ClFN3O2S/c1-25-5-6-26-15-8-12(21)2-3-13(15)16-17(11(9-22)10-23)24-19(20)14-4-7-27-18(14)16/h2-4,7-10,22H,5-6,23H2,1H3/p+1/b11-10+,22-9?. The van der Waals surface area contributed by atoms with E-state index >= 15 is 0 Å². The van der Waals surface area contributed by atoms with Crippen LogP contribution in [0, 0.1) is 5.82 Å². The van der Waals surface area contributed by atoms with Crippen LogP contribution in [0.3, 0.4) is 0 Å². The van der Waals surface area contributed by atoms with Gasteiger partial charge in [-0.25, -0.2) is 9.37 Å². The van der Waals surface area contributed by atoms with E-state index in [2.05, 4.69) is 4.98 Å². The van der Waals surface area contributed by atoms with E-state index in [1.807, 2.05) is 11.4 Å². The fourth-order valence-electron chi connectivity index (χ4n) is 2.72. The number of benzene rings is 1. The number of methoxy groups -OCH3 is 1. The van der Waals surface area contributed by atoms with Crippen LogP contribution in [0.25, 0.3) is 26.8 Å². The maximum Gasteiger partial charge on any atom is 0.171 e. The summed E-state index contributed by atoms with van der Waals surface area (Å²) in [5, 5.41) is 8.78. The minimum Gasteiger partial charge on any atom is -0.490 e. The summed E-state index contributed by atoms with van der Waals surface area (Å²) in [5.74, 6) is -0.0300. The van der Waals surface area contributed by atoms with Crippen molar-refractivity contribution >= 4 is 44.8 Å². The molecular weight excluding hydrogens is 389 g/mol. The van der Waals surface area contributed by atoms with Gasteiger partial charge in [-0.1, -0.05) is 11.6 Å². The SMILES string of the molecule is COCCOc1cc(F)ccc1-c1c(/C(C=[NH2+])=C/N)nc(Cl)c2ccsc12. The summed E-state index contributed by atoms with van der Waals surface area (Å²) in [7, 11) is 1.57. The zero-order valence-electron chi connectivity index (χ0n) is 14.5. The molecule has 5 nitrogen and oxygen atoms in total. The van der Waals surface area contributed by atoms with Crippen LogP contribution in [0.5, 0.6) is 5.75 Å². The molecular formula is C19H18ClFN3O2S+. The lowest BCUT2D eigenvalue weighted by molar-refractivity contribution is -0.103. The summed E-state index contributed by atoms with van der Waals surface area (Å²) in [6.45, 7) is 0.653. The first kappa shape index (κ1) is 19.3. The molecule has 0 amide bonds. The summed E-state index contributed by atoms with van der Waals surface area (Å²) in [4.78, 5) is 4.49. The monoisotopic (exact) mass is 406 g/mol. The molecule has 0 bridgehead atoms. The van der Waals surface area contributed by atoms with Crippen molar-refractivity contribution in [3.05, 3.63) is 52.5 Å². The Kier molecular flexibility index (Phi) is 6.05. The normalized spacial score (nSPS) is 11.7. The number of allylic oxidation sites excluding steroid dienone is 1. The Morgan fingerprint density at radius 1 is 1.37 bits per heavy atom. The first-order valence-electron chi connectivity index (χ1n) is 8.06. The van der Waals surface area contributed by atoms with E-state index in [1.165, 1.54) is 35.9 Å². The highest BCUT2D eigenvalue weighted by atomic mass is 35.5. The van der Waals surface area contributed by atoms with E-state index in [9.17, 15) is 4.39 Å². The number of hydrogen-bond donors (Lipinski definition) is 2. The van der Waals surface area contributed by atoms with Crippen LogP contribution in [-0.4, -0.2) is 31.5 Å². The Hall–Kier alpha value is -2.48. The summed E-state index contributed by atoms with van der Waals surface area (Å²) in [5.41, 5.74) is 8.14. The largest absolute Gasteiger partial charge is 0.490 e. The zero-order valence-corrected chi connectivity index (χ0v) is 16.1. The molecule has 0 aliphatic heterocycles. The van der Waals surface area contributed by atoms with Crippen LogP contribution >= 0.6 is 22.9 Å². The molecule has 3 aromatic rings. The van der Waals surface area contributed by atoms with Crippen LogP contribution in [0.4, 0.5) is 4.39 Å². The third-order valence-electron chi connectivity index (χ3n) is 3.95. The van der Waals surface area contributed by atoms with Crippen molar-refractivity contribution < 1.29 is 19.3 Å². The van der Waals surface area contributed by atoms with Crippen LogP contribution in [0.1, 0.15) is 5.69 Å². The highest BCUT2D eigenvalue weighted by Gasteiger charge is 2.22. The Balaban J connectivity index is 2.30. The molecule has 0 saturated carbocycles. The first-order chi connectivity index (χ1) is 13.1. The minimum absolute atomic E-state index is 0.277. The quantitative estimate of drug-likeness (QED) is 0.359. The van der Waals surface area contributed by atoms with Crippen LogP contribution < -0.4 is 15.9 Å². The zero-order chi connectivity index (χ0) is 19.4. The van der Waals surface area contributed by atoms with E-state index in [-0.39, 0.29) is 6.61 Å². The van der Waals surface area contributed by atoms with Crippen molar-refractivity contribution in [3.63, 3.8) is 0 Å². The van der Waals surface area contributed by atoms with Crippen LogP contribution in [0.15, 0.2) is 35.8 Å². The van der Waals surface area contributed by atoms with Gasteiger partial charge in [-0.05, 0) is 23.6 Å². The number of aromatic nitrogens is 1. The average molecular weight is 407 g/mol. The Bertz CT molecular complexity index is 1020. The highest BCUT2D eigenvalue weighted by Crippen LogP contribution is 2.43. The second-order valence-electron chi connectivity index (χ2n) is 5.56. The van der Waals surface area contributed by atoms with Gasteiger partial charge in [0.15, 0.2) is 6.21 Å². The second kappa shape index (κ2) is 8.47. The Labute approximate surface area is 164 Å². The number of thiophene rings is 1. The molecule has 0 radical (unpaired) electrons. The van der Waals surface area contributed by atoms with Gasteiger partial charge in [-0.2, -0.15) is 0 Å². The summed E-state index contributed by atoms with van der Waals surface area (Å²) in [6.07, 6.45) is 2.72. The van der Waals surface area contributed by atoms with Gasteiger partial charge in [0.2, 0.25) is 0 Å². The smallest absolute Gasteiger partial charge is 0.171 e. The molecule has 3 rings (SSSR count). The van der Waals surface area contributed by atoms with Crippen molar-refractivity contribution in [1.29, 1.82) is 0 Å². The van der Waals surface area contributed by atoms with Crippen LogP contribution in [0.2, 0.25) is 5.15 Å². The molecule has 0 aliphatic rings. The fourth-order valence-corrected chi connectivity index (χ4v) is 3.97. The molecule has 140 valence electrons. The van der Waals surface area contributed by atoms with Gasteiger partial charge >= 0.3 is 0 Å². The number of pyridine rings is 1. The van der Waals surface area contributed by atoms with Crippen molar-refractivity contribution in [3.8, 4) is 16.9 Å². The van der Waals surface area contributed by atoms with E-state index in [0.29, 0.717) is 34.3 Å². The van der Waals surface area contributed by atoms with Crippen LogP contribution in [-0.2, 0) is 4.74 Å². The van der Waals surface area contributed by atoms with Gasteiger partial charge < -0.3 is 15.2 Å². The maximum absolute atomic E-state index is 13.9. The van der Waals surface area contributed by atoms with E-state index in [4.69, 9.17) is 32.2 Å². The minimum atomic E-state index is -0.406. The van der Waals surface area contributed by atoms with Crippen molar-refractivity contribution in [2.24, 2.45) is 5.73 Å². The van der Waals surface area contributed by atoms with Crippen molar-refractivity contribution in [2.75, 3.05) is 20.3 Å². The topological polar surface area (TPSA) is 83.0 Å². The molecule has 0 spiro atoms. The number of halogens is 2. The van der Waals surface area contributed by atoms with Gasteiger partial charge in [0.1, 0.15) is 23.3 Å². The molecule has 2 aromatic heterocycles. The molecule has 27 heavy (non-hydrogen) atoms. The molecule has 4 N–H and O–H groups in total. The number of nitrogens with zero attached hydrogens (tertiary/aromatic N) is 1. The lowest BCUT2D eigenvalue weighted by Gasteiger charge is -2.16.